The summed E-state index contributed by atoms with van der Waals surface area (Å²) in [6.07, 6.45) is 3.65. The molecule has 2 heterocycles. The van der Waals surface area contributed by atoms with E-state index in [4.69, 9.17) is 4.98 Å². The van der Waals surface area contributed by atoms with Crippen molar-refractivity contribution in [1.82, 2.24) is 15.3 Å². The molecule has 0 amide bonds. The fraction of sp³-hybridized carbons (Fsp3) is 0.176. The maximum atomic E-state index is 4.84. The van der Waals surface area contributed by atoms with E-state index in [0.717, 1.165) is 34.9 Å². The first-order valence-electron chi connectivity index (χ1n) is 7.04. The molecule has 1 aromatic carbocycles. The van der Waals surface area contributed by atoms with Crippen molar-refractivity contribution in [1.29, 1.82) is 0 Å². The second-order valence-electron chi connectivity index (χ2n) is 4.68. The summed E-state index contributed by atoms with van der Waals surface area (Å²) in [5.41, 5.74) is 3.31. The Bertz CT molecular complexity index is 693. The van der Waals surface area contributed by atoms with Crippen molar-refractivity contribution in [3.8, 4) is 21.8 Å². The molecule has 0 fully saturated rings. The zero-order chi connectivity index (χ0) is 14.5. The number of nitrogens with one attached hydrogen (secondary N) is 1. The molecule has 0 aliphatic carbocycles. The van der Waals surface area contributed by atoms with Crippen LogP contribution in [0, 0.1) is 0 Å². The van der Waals surface area contributed by atoms with Gasteiger partial charge in [-0.1, -0.05) is 37.3 Å². The van der Waals surface area contributed by atoms with Crippen molar-refractivity contribution in [2.45, 2.75) is 13.5 Å². The quantitative estimate of drug-likeness (QED) is 0.773. The van der Waals surface area contributed by atoms with E-state index in [1.807, 2.05) is 18.3 Å². The lowest BCUT2D eigenvalue weighted by molar-refractivity contribution is 0.735. The smallest absolute Gasteiger partial charge is 0.125 e. The molecule has 0 bridgehead atoms. The topological polar surface area (TPSA) is 37.8 Å². The standard InChI is InChI=1S/C17H17N3S/c1-2-18-12-15-16(13-7-4-3-5-8-13)20-17(21-15)14-9-6-10-19-11-14/h3-11,18H,2,12H2,1H3. The molecule has 0 unspecified atom stereocenters. The van der Waals surface area contributed by atoms with Crippen LogP contribution in [0.1, 0.15) is 11.8 Å². The van der Waals surface area contributed by atoms with Gasteiger partial charge in [0, 0.05) is 34.9 Å². The molecule has 0 aliphatic rings. The van der Waals surface area contributed by atoms with Crippen molar-refractivity contribution in [2.75, 3.05) is 6.54 Å². The second-order valence-corrected chi connectivity index (χ2v) is 5.76. The number of nitrogens with zero attached hydrogens (tertiary/aromatic N) is 2. The monoisotopic (exact) mass is 295 g/mol. The summed E-state index contributed by atoms with van der Waals surface area (Å²) in [6.45, 7) is 3.91. The first-order valence-corrected chi connectivity index (χ1v) is 7.86. The molecule has 0 aliphatic heterocycles. The summed E-state index contributed by atoms with van der Waals surface area (Å²) < 4.78 is 0. The van der Waals surface area contributed by atoms with Crippen molar-refractivity contribution in [3.63, 3.8) is 0 Å². The van der Waals surface area contributed by atoms with Gasteiger partial charge in [-0.25, -0.2) is 4.98 Å². The van der Waals surface area contributed by atoms with Crippen LogP contribution < -0.4 is 5.32 Å². The van der Waals surface area contributed by atoms with E-state index in [0.29, 0.717) is 0 Å². The zero-order valence-corrected chi connectivity index (χ0v) is 12.7. The van der Waals surface area contributed by atoms with E-state index in [-0.39, 0.29) is 0 Å². The molecule has 4 heteroatoms. The largest absolute Gasteiger partial charge is 0.312 e. The van der Waals surface area contributed by atoms with Gasteiger partial charge in [-0.3, -0.25) is 4.98 Å². The molecule has 0 saturated heterocycles. The Balaban J connectivity index is 2.03. The molecule has 0 radical (unpaired) electrons. The summed E-state index contributed by atoms with van der Waals surface area (Å²) >= 11 is 1.73. The lowest BCUT2D eigenvalue weighted by atomic mass is 10.1. The Labute approximate surface area is 128 Å². The Morgan fingerprint density at radius 2 is 1.86 bits per heavy atom. The lowest BCUT2D eigenvalue weighted by Gasteiger charge is -2.02. The minimum Gasteiger partial charge on any atom is -0.312 e. The van der Waals surface area contributed by atoms with Crippen LogP contribution in [0.5, 0.6) is 0 Å². The average Bonchev–Trinajstić information content (AvgIpc) is 2.99. The normalized spacial score (nSPS) is 10.7. The first kappa shape index (κ1) is 13.9. The molecule has 3 nitrogen and oxygen atoms in total. The molecule has 1 N–H and O–H groups in total. The molecule has 0 spiro atoms. The molecular weight excluding hydrogens is 278 g/mol. The summed E-state index contributed by atoms with van der Waals surface area (Å²) in [7, 11) is 0. The second kappa shape index (κ2) is 6.61. The predicted molar refractivity (Wildman–Crippen MR) is 88.2 cm³/mol. The van der Waals surface area contributed by atoms with Gasteiger partial charge in [-0.15, -0.1) is 11.3 Å². The molecule has 21 heavy (non-hydrogen) atoms. The van der Waals surface area contributed by atoms with Gasteiger partial charge in [-0.2, -0.15) is 0 Å². The van der Waals surface area contributed by atoms with Gasteiger partial charge in [0.15, 0.2) is 0 Å². The fourth-order valence-corrected chi connectivity index (χ4v) is 3.19. The van der Waals surface area contributed by atoms with Crippen LogP contribution in [0.15, 0.2) is 54.9 Å². The highest BCUT2D eigenvalue weighted by Gasteiger charge is 2.13. The Kier molecular flexibility index (Phi) is 4.38. The van der Waals surface area contributed by atoms with Crippen LogP contribution in [0.2, 0.25) is 0 Å². The highest BCUT2D eigenvalue weighted by molar-refractivity contribution is 7.15. The zero-order valence-electron chi connectivity index (χ0n) is 11.9. The lowest BCUT2D eigenvalue weighted by Crippen LogP contribution is -2.11. The predicted octanol–water partition coefficient (Wildman–Crippen LogP) is 3.98. The van der Waals surface area contributed by atoms with E-state index in [1.54, 1.807) is 17.5 Å². The van der Waals surface area contributed by atoms with Crippen LogP contribution >= 0.6 is 11.3 Å². The van der Waals surface area contributed by atoms with Crippen LogP contribution in [0.3, 0.4) is 0 Å². The highest BCUT2D eigenvalue weighted by atomic mass is 32.1. The number of benzene rings is 1. The van der Waals surface area contributed by atoms with Gasteiger partial charge in [0.2, 0.25) is 0 Å². The highest BCUT2D eigenvalue weighted by Crippen LogP contribution is 2.33. The van der Waals surface area contributed by atoms with Gasteiger partial charge in [-0.05, 0) is 18.7 Å². The van der Waals surface area contributed by atoms with Crippen molar-refractivity contribution < 1.29 is 0 Å². The van der Waals surface area contributed by atoms with E-state index in [2.05, 4.69) is 47.6 Å². The third-order valence-corrected chi connectivity index (χ3v) is 4.29. The third kappa shape index (κ3) is 3.17. The average molecular weight is 295 g/mol. The van der Waals surface area contributed by atoms with Gasteiger partial charge in [0.05, 0.1) is 5.69 Å². The summed E-state index contributed by atoms with van der Waals surface area (Å²) in [6, 6.07) is 14.3. The van der Waals surface area contributed by atoms with Crippen LogP contribution in [-0.2, 0) is 6.54 Å². The van der Waals surface area contributed by atoms with E-state index in [1.165, 1.54) is 4.88 Å². The van der Waals surface area contributed by atoms with E-state index < -0.39 is 0 Å². The van der Waals surface area contributed by atoms with Gasteiger partial charge in [0.25, 0.3) is 0 Å². The first-order chi connectivity index (χ1) is 10.4. The van der Waals surface area contributed by atoms with E-state index in [9.17, 15) is 0 Å². The van der Waals surface area contributed by atoms with Crippen molar-refractivity contribution >= 4 is 11.3 Å². The molecule has 0 saturated carbocycles. The maximum absolute atomic E-state index is 4.84. The van der Waals surface area contributed by atoms with E-state index >= 15 is 0 Å². The molecule has 3 aromatic rings. The Morgan fingerprint density at radius 1 is 1.05 bits per heavy atom. The molecule has 0 atom stereocenters. The number of pyridine rings is 1. The summed E-state index contributed by atoms with van der Waals surface area (Å²) in [5, 5.41) is 4.42. The number of aromatic nitrogens is 2. The number of hydrogen-bond donors (Lipinski definition) is 1. The SMILES string of the molecule is CCNCc1sc(-c2cccnc2)nc1-c1ccccc1. The minimum atomic E-state index is 0.846. The van der Waals surface area contributed by atoms with Crippen LogP contribution in [-0.4, -0.2) is 16.5 Å². The number of hydrogen-bond acceptors (Lipinski definition) is 4. The number of thiazole rings is 1. The minimum absolute atomic E-state index is 0.846. The summed E-state index contributed by atoms with van der Waals surface area (Å²) in [5.74, 6) is 0. The van der Waals surface area contributed by atoms with Crippen molar-refractivity contribution in [2.24, 2.45) is 0 Å². The van der Waals surface area contributed by atoms with Gasteiger partial charge < -0.3 is 5.32 Å². The van der Waals surface area contributed by atoms with Crippen molar-refractivity contribution in [3.05, 3.63) is 59.7 Å². The maximum Gasteiger partial charge on any atom is 0.125 e. The molecular formula is C17H17N3S. The Morgan fingerprint density at radius 3 is 2.57 bits per heavy atom. The van der Waals surface area contributed by atoms with Crippen LogP contribution in [0.25, 0.3) is 21.8 Å². The molecule has 106 valence electrons. The fourth-order valence-electron chi connectivity index (χ4n) is 2.14. The van der Waals surface area contributed by atoms with Gasteiger partial charge in [0.1, 0.15) is 5.01 Å². The third-order valence-electron chi connectivity index (χ3n) is 3.19. The summed E-state index contributed by atoms with van der Waals surface area (Å²) in [4.78, 5) is 10.3. The molecule has 3 rings (SSSR count). The van der Waals surface area contributed by atoms with Gasteiger partial charge >= 0.3 is 0 Å². The Hall–Kier alpha value is -2.04. The number of rotatable bonds is 5. The van der Waals surface area contributed by atoms with Crippen LogP contribution in [0.4, 0.5) is 0 Å². The molecule has 2 aromatic heterocycles.